The number of carbonyl (C=O) groups is 1. The second kappa shape index (κ2) is 5.64. The van der Waals surface area contributed by atoms with Gasteiger partial charge < -0.3 is 5.11 Å². The molecule has 0 saturated carbocycles. The summed E-state index contributed by atoms with van der Waals surface area (Å²) >= 11 is 0. The van der Waals surface area contributed by atoms with Crippen LogP contribution in [0.3, 0.4) is 0 Å². The first-order valence-corrected chi connectivity index (χ1v) is 7.42. The van der Waals surface area contributed by atoms with Crippen LogP contribution in [0.5, 0.6) is 0 Å². The van der Waals surface area contributed by atoms with Crippen molar-refractivity contribution in [1.82, 2.24) is 4.90 Å². The average molecular weight is 261 g/mol. The van der Waals surface area contributed by atoms with Crippen molar-refractivity contribution in [2.45, 2.75) is 26.3 Å². The van der Waals surface area contributed by atoms with E-state index < -0.39 is 15.8 Å². The zero-order chi connectivity index (χ0) is 13.1. The summed E-state index contributed by atoms with van der Waals surface area (Å²) in [4.78, 5) is 12.5. The Kier molecular flexibility index (Phi) is 4.70. The Morgan fingerprint density at radius 2 is 2.12 bits per heavy atom. The molecule has 0 aromatic rings. The topological polar surface area (TPSA) is 74.7 Å². The predicted octanol–water partition coefficient (Wildman–Crippen LogP) is 0.526. The molecule has 0 bridgehead atoms. The van der Waals surface area contributed by atoms with Crippen LogP contribution in [0.2, 0.25) is 0 Å². The smallest absolute Gasteiger partial charge is 0.317 e. The Balaban J connectivity index is 2.70. The quantitative estimate of drug-likeness (QED) is 0.731. The molecule has 6 heteroatoms. The molecule has 0 aliphatic carbocycles. The maximum absolute atomic E-state index is 11.4. The number of carboxylic acid groups (broad SMARTS) is 1. The van der Waals surface area contributed by atoms with E-state index in [0.717, 1.165) is 5.57 Å². The third kappa shape index (κ3) is 4.87. The van der Waals surface area contributed by atoms with Gasteiger partial charge in [0.2, 0.25) is 0 Å². The molecular weight excluding hydrogens is 242 g/mol. The first-order valence-electron chi connectivity index (χ1n) is 5.60. The van der Waals surface area contributed by atoms with Crippen molar-refractivity contribution in [2.24, 2.45) is 0 Å². The van der Waals surface area contributed by atoms with Crippen LogP contribution in [0.15, 0.2) is 11.6 Å². The predicted molar refractivity (Wildman–Crippen MR) is 65.7 cm³/mol. The van der Waals surface area contributed by atoms with Gasteiger partial charge in [-0.25, -0.2) is 8.42 Å². The van der Waals surface area contributed by atoms with Gasteiger partial charge >= 0.3 is 5.97 Å². The highest BCUT2D eigenvalue weighted by Gasteiger charge is 2.32. The molecule has 1 saturated heterocycles. The van der Waals surface area contributed by atoms with Crippen molar-refractivity contribution in [3.63, 3.8) is 0 Å². The second-order valence-electron chi connectivity index (χ2n) is 4.66. The number of rotatable bonds is 5. The maximum atomic E-state index is 11.4. The number of aliphatic carboxylic acids is 1. The lowest BCUT2D eigenvalue weighted by atomic mass is 10.2. The first-order chi connectivity index (χ1) is 7.80. The largest absolute Gasteiger partial charge is 0.480 e. The monoisotopic (exact) mass is 261 g/mol. The fraction of sp³-hybridized carbons (Fsp3) is 0.727. The van der Waals surface area contributed by atoms with Gasteiger partial charge in [0.1, 0.15) is 0 Å². The molecule has 1 unspecified atom stereocenters. The minimum absolute atomic E-state index is 0.0802. The summed E-state index contributed by atoms with van der Waals surface area (Å²) in [5, 5.41) is 8.83. The molecular formula is C11H19NO4S. The van der Waals surface area contributed by atoms with Crippen molar-refractivity contribution in [3.8, 4) is 0 Å². The van der Waals surface area contributed by atoms with E-state index in [1.54, 1.807) is 4.90 Å². The number of nitrogens with zero attached hydrogens (tertiary/aromatic N) is 1. The SMILES string of the molecule is CC(C)=CCN(CC(=O)O)C1CCS(=O)(=O)C1. The Hall–Kier alpha value is -0.880. The van der Waals surface area contributed by atoms with Crippen LogP contribution in [-0.4, -0.2) is 55.0 Å². The molecule has 1 aliphatic heterocycles. The van der Waals surface area contributed by atoms with Gasteiger partial charge in [-0.15, -0.1) is 0 Å². The summed E-state index contributed by atoms with van der Waals surface area (Å²) in [5.74, 6) is -0.670. The third-order valence-electron chi connectivity index (χ3n) is 2.80. The van der Waals surface area contributed by atoms with E-state index in [1.165, 1.54) is 0 Å². The second-order valence-corrected chi connectivity index (χ2v) is 6.89. The van der Waals surface area contributed by atoms with Crippen molar-refractivity contribution < 1.29 is 18.3 Å². The molecule has 1 rings (SSSR count). The van der Waals surface area contributed by atoms with Crippen molar-refractivity contribution in [2.75, 3.05) is 24.6 Å². The van der Waals surface area contributed by atoms with Gasteiger partial charge in [0.05, 0.1) is 18.1 Å². The summed E-state index contributed by atoms with van der Waals surface area (Å²) in [7, 11) is -2.97. The van der Waals surface area contributed by atoms with Crippen LogP contribution in [0.1, 0.15) is 20.3 Å². The summed E-state index contributed by atoms with van der Waals surface area (Å²) in [6.45, 7) is 4.26. The highest BCUT2D eigenvalue weighted by Crippen LogP contribution is 2.17. The Morgan fingerprint density at radius 1 is 1.47 bits per heavy atom. The fourth-order valence-electron chi connectivity index (χ4n) is 1.88. The summed E-state index contributed by atoms with van der Waals surface area (Å²) in [6.07, 6.45) is 2.46. The van der Waals surface area contributed by atoms with E-state index in [-0.39, 0.29) is 24.1 Å². The number of sulfone groups is 1. The molecule has 1 fully saturated rings. The van der Waals surface area contributed by atoms with Crippen LogP contribution in [0, 0.1) is 0 Å². The standard InChI is InChI=1S/C11H19NO4S/c1-9(2)3-5-12(7-11(13)14)10-4-6-17(15,16)8-10/h3,10H,4-8H2,1-2H3,(H,13,14). The summed E-state index contributed by atoms with van der Waals surface area (Å²) in [6, 6.07) is -0.160. The first kappa shape index (κ1) is 14.2. The molecule has 0 spiro atoms. The fourth-order valence-corrected chi connectivity index (χ4v) is 3.64. The highest BCUT2D eigenvalue weighted by molar-refractivity contribution is 7.91. The highest BCUT2D eigenvalue weighted by atomic mass is 32.2. The van der Waals surface area contributed by atoms with Crippen LogP contribution in [-0.2, 0) is 14.6 Å². The zero-order valence-electron chi connectivity index (χ0n) is 10.2. The summed E-state index contributed by atoms with van der Waals surface area (Å²) < 4.78 is 22.8. The number of hydrogen-bond donors (Lipinski definition) is 1. The van der Waals surface area contributed by atoms with Crippen molar-refractivity contribution >= 4 is 15.8 Å². The maximum Gasteiger partial charge on any atom is 0.317 e. The Bertz CT molecular complexity index is 409. The van der Waals surface area contributed by atoms with Crippen LogP contribution in [0.4, 0.5) is 0 Å². The normalized spacial score (nSPS) is 22.6. The van der Waals surface area contributed by atoms with E-state index in [9.17, 15) is 13.2 Å². The average Bonchev–Trinajstić information content (AvgIpc) is 2.52. The molecule has 0 amide bonds. The number of hydrogen-bond acceptors (Lipinski definition) is 4. The molecule has 5 nitrogen and oxygen atoms in total. The van der Waals surface area contributed by atoms with Gasteiger partial charge in [-0.2, -0.15) is 0 Å². The van der Waals surface area contributed by atoms with Crippen molar-refractivity contribution in [1.29, 1.82) is 0 Å². The van der Waals surface area contributed by atoms with E-state index in [1.807, 2.05) is 19.9 Å². The van der Waals surface area contributed by atoms with E-state index in [4.69, 9.17) is 5.11 Å². The van der Waals surface area contributed by atoms with Gasteiger partial charge in [-0.05, 0) is 20.3 Å². The van der Waals surface area contributed by atoms with Crippen LogP contribution < -0.4 is 0 Å². The van der Waals surface area contributed by atoms with Gasteiger partial charge in [0.25, 0.3) is 0 Å². The lowest BCUT2D eigenvalue weighted by Crippen LogP contribution is -2.40. The van der Waals surface area contributed by atoms with E-state index in [0.29, 0.717) is 13.0 Å². The van der Waals surface area contributed by atoms with Gasteiger partial charge in [-0.1, -0.05) is 11.6 Å². The van der Waals surface area contributed by atoms with Crippen LogP contribution >= 0.6 is 0 Å². The molecule has 0 aromatic heterocycles. The molecule has 1 aliphatic rings. The lowest BCUT2D eigenvalue weighted by Gasteiger charge is -2.24. The lowest BCUT2D eigenvalue weighted by molar-refractivity contribution is -0.138. The van der Waals surface area contributed by atoms with Gasteiger partial charge in [0, 0.05) is 12.6 Å². The van der Waals surface area contributed by atoms with E-state index >= 15 is 0 Å². The Morgan fingerprint density at radius 3 is 2.53 bits per heavy atom. The molecule has 0 aromatic carbocycles. The number of carboxylic acids is 1. The van der Waals surface area contributed by atoms with Crippen molar-refractivity contribution in [3.05, 3.63) is 11.6 Å². The molecule has 1 atom stereocenters. The Labute approximate surface area is 102 Å². The molecule has 1 heterocycles. The van der Waals surface area contributed by atoms with E-state index in [2.05, 4.69) is 0 Å². The van der Waals surface area contributed by atoms with Gasteiger partial charge in [0.15, 0.2) is 9.84 Å². The third-order valence-corrected chi connectivity index (χ3v) is 4.55. The summed E-state index contributed by atoms with van der Waals surface area (Å²) in [5.41, 5.74) is 1.10. The molecule has 0 radical (unpaired) electrons. The molecule has 98 valence electrons. The number of allylic oxidation sites excluding steroid dienone is 1. The van der Waals surface area contributed by atoms with Crippen LogP contribution in [0.25, 0.3) is 0 Å². The van der Waals surface area contributed by atoms with Gasteiger partial charge in [-0.3, -0.25) is 9.69 Å². The zero-order valence-corrected chi connectivity index (χ0v) is 11.0. The molecule has 1 N–H and O–H groups in total. The minimum Gasteiger partial charge on any atom is -0.480 e. The minimum atomic E-state index is -2.97. The molecule has 17 heavy (non-hydrogen) atoms.